The van der Waals surface area contributed by atoms with Crippen LogP contribution in [0.2, 0.25) is 0 Å². The fraction of sp³-hybridized carbons (Fsp3) is 0.192. The molecule has 10 heteroatoms. The standard InChI is InChI=1S/C26H25N9O/c1-16-11-30-35(15-16)24-7-4-19(12-28-24)13-29-26(36)23-6-5-20(14-27-23)25-31-17(2)8-21(32-25)10-22-9-18(3)33-34-22/h4-9,11-12,14-15H,10,13H2,1-3H3,(H,29,36)(H,33,34). The smallest absolute Gasteiger partial charge is 0.270 e. The average molecular weight is 480 g/mol. The first-order valence-electron chi connectivity index (χ1n) is 11.5. The van der Waals surface area contributed by atoms with Crippen molar-refractivity contribution in [3.63, 3.8) is 0 Å². The summed E-state index contributed by atoms with van der Waals surface area (Å²) in [7, 11) is 0. The highest BCUT2D eigenvalue weighted by molar-refractivity contribution is 5.92. The predicted octanol–water partition coefficient (Wildman–Crippen LogP) is 3.29. The number of aromatic amines is 1. The van der Waals surface area contributed by atoms with Crippen LogP contribution in [-0.4, -0.2) is 45.8 Å². The van der Waals surface area contributed by atoms with Crippen LogP contribution in [0.4, 0.5) is 0 Å². The van der Waals surface area contributed by atoms with E-state index in [-0.39, 0.29) is 5.91 Å². The van der Waals surface area contributed by atoms with Crippen molar-refractivity contribution in [3.8, 4) is 17.2 Å². The van der Waals surface area contributed by atoms with E-state index in [1.54, 1.807) is 29.3 Å². The summed E-state index contributed by atoms with van der Waals surface area (Å²) in [5, 5.41) is 14.4. The van der Waals surface area contributed by atoms with Crippen LogP contribution < -0.4 is 5.32 Å². The maximum Gasteiger partial charge on any atom is 0.270 e. The van der Waals surface area contributed by atoms with Crippen LogP contribution >= 0.6 is 0 Å². The van der Waals surface area contributed by atoms with E-state index in [0.717, 1.165) is 45.3 Å². The summed E-state index contributed by atoms with van der Waals surface area (Å²) in [6.45, 7) is 6.21. The average Bonchev–Trinajstić information content (AvgIpc) is 3.50. The van der Waals surface area contributed by atoms with E-state index < -0.39 is 0 Å². The van der Waals surface area contributed by atoms with Gasteiger partial charge in [-0.25, -0.2) is 19.6 Å². The molecule has 10 nitrogen and oxygen atoms in total. The largest absolute Gasteiger partial charge is 0.347 e. The van der Waals surface area contributed by atoms with Crippen molar-refractivity contribution in [2.24, 2.45) is 0 Å². The van der Waals surface area contributed by atoms with Gasteiger partial charge in [0.15, 0.2) is 11.6 Å². The third-order valence-corrected chi connectivity index (χ3v) is 5.49. The first-order chi connectivity index (χ1) is 17.4. The Hall–Kier alpha value is -4.73. The molecule has 0 aromatic carbocycles. The molecule has 1 amide bonds. The van der Waals surface area contributed by atoms with Gasteiger partial charge >= 0.3 is 0 Å². The van der Waals surface area contributed by atoms with Gasteiger partial charge in [-0.2, -0.15) is 10.2 Å². The fourth-order valence-electron chi connectivity index (χ4n) is 3.73. The number of nitrogens with one attached hydrogen (secondary N) is 2. The van der Waals surface area contributed by atoms with Gasteiger partial charge in [0.1, 0.15) is 5.69 Å². The summed E-state index contributed by atoms with van der Waals surface area (Å²) in [5.41, 5.74) is 6.64. The Morgan fingerprint density at radius 3 is 2.53 bits per heavy atom. The van der Waals surface area contributed by atoms with Crippen molar-refractivity contribution in [1.82, 2.24) is 45.2 Å². The van der Waals surface area contributed by atoms with Crippen LogP contribution in [0.5, 0.6) is 0 Å². The minimum atomic E-state index is -0.270. The lowest BCUT2D eigenvalue weighted by molar-refractivity contribution is 0.0946. The molecule has 5 aromatic rings. The van der Waals surface area contributed by atoms with E-state index in [1.807, 2.05) is 57.3 Å². The van der Waals surface area contributed by atoms with Crippen molar-refractivity contribution >= 4 is 5.91 Å². The summed E-state index contributed by atoms with van der Waals surface area (Å²) in [5.74, 6) is 1.01. The molecule has 5 aromatic heterocycles. The van der Waals surface area contributed by atoms with Crippen molar-refractivity contribution in [2.75, 3.05) is 0 Å². The van der Waals surface area contributed by atoms with Gasteiger partial charge < -0.3 is 5.32 Å². The van der Waals surface area contributed by atoms with Crippen LogP contribution in [0.1, 0.15) is 44.4 Å². The molecule has 0 spiro atoms. The first-order valence-corrected chi connectivity index (χ1v) is 11.5. The molecule has 2 N–H and O–H groups in total. The zero-order valence-corrected chi connectivity index (χ0v) is 20.2. The molecule has 5 heterocycles. The van der Waals surface area contributed by atoms with Gasteiger partial charge in [-0.05, 0) is 62.2 Å². The summed E-state index contributed by atoms with van der Waals surface area (Å²) < 4.78 is 1.71. The number of aromatic nitrogens is 8. The second-order valence-electron chi connectivity index (χ2n) is 8.65. The number of carbonyl (C=O) groups is 1. The number of H-pyrrole nitrogens is 1. The Balaban J connectivity index is 1.22. The molecular weight excluding hydrogens is 454 g/mol. The second-order valence-corrected chi connectivity index (χ2v) is 8.65. The second kappa shape index (κ2) is 9.87. The number of rotatable bonds is 7. The van der Waals surface area contributed by atoms with Gasteiger partial charge in [0.25, 0.3) is 5.91 Å². The van der Waals surface area contributed by atoms with Crippen LogP contribution in [0.25, 0.3) is 17.2 Å². The Bertz CT molecular complexity index is 1500. The van der Waals surface area contributed by atoms with Crippen LogP contribution in [0.3, 0.4) is 0 Å². The Kier molecular flexibility index (Phi) is 6.31. The highest BCUT2D eigenvalue weighted by Gasteiger charge is 2.11. The Morgan fingerprint density at radius 2 is 1.86 bits per heavy atom. The summed E-state index contributed by atoms with van der Waals surface area (Å²) >= 11 is 0. The topological polar surface area (TPSA) is 127 Å². The van der Waals surface area contributed by atoms with Crippen molar-refractivity contribution in [3.05, 3.63) is 101 Å². The third kappa shape index (κ3) is 5.33. The number of hydrogen-bond acceptors (Lipinski definition) is 7. The molecule has 0 saturated carbocycles. The Morgan fingerprint density at radius 1 is 0.972 bits per heavy atom. The number of pyridine rings is 2. The number of nitrogens with zero attached hydrogens (tertiary/aromatic N) is 7. The van der Waals surface area contributed by atoms with Gasteiger partial charge in [0.2, 0.25) is 0 Å². The van der Waals surface area contributed by atoms with E-state index in [1.165, 1.54) is 0 Å². The zero-order valence-electron chi connectivity index (χ0n) is 20.2. The molecule has 0 aliphatic heterocycles. The van der Waals surface area contributed by atoms with Crippen LogP contribution in [0, 0.1) is 20.8 Å². The maximum absolute atomic E-state index is 12.6. The van der Waals surface area contributed by atoms with Crippen LogP contribution in [0.15, 0.2) is 61.2 Å². The predicted molar refractivity (Wildman–Crippen MR) is 133 cm³/mol. The van der Waals surface area contributed by atoms with Gasteiger partial charge in [-0.3, -0.25) is 14.9 Å². The van der Waals surface area contributed by atoms with E-state index in [4.69, 9.17) is 0 Å². The monoisotopic (exact) mass is 479 g/mol. The summed E-state index contributed by atoms with van der Waals surface area (Å²) in [6, 6.07) is 11.2. The number of carbonyl (C=O) groups excluding carboxylic acids is 1. The molecule has 180 valence electrons. The molecular formula is C26H25N9O. The lowest BCUT2D eigenvalue weighted by Gasteiger charge is -2.08. The highest BCUT2D eigenvalue weighted by Crippen LogP contribution is 2.17. The minimum absolute atomic E-state index is 0.270. The SMILES string of the molecule is Cc1cnn(-c2ccc(CNC(=O)c3ccc(-c4nc(C)cc(Cc5cc(C)[nH]n5)n4)cn3)cn2)c1. The van der Waals surface area contributed by atoms with Gasteiger partial charge in [0, 0.05) is 48.5 Å². The number of hydrogen-bond donors (Lipinski definition) is 2. The quantitative estimate of drug-likeness (QED) is 0.367. The summed E-state index contributed by atoms with van der Waals surface area (Å²) in [6.07, 6.45) is 7.63. The fourth-order valence-corrected chi connectivity index (χ4v) is 3.73. The molecule has 0 radical (unpaired) electrons. The maximum atomic E-state index is 12.6. The molecule has 0 aliphatic rings. The highest BCUT2D eigenvalue weighted by atomic mass is 16.1. The zero-order chi connectivity index (χ0) is 25.1. The molecule has 0 fully saturated rings. The van der Waals surface area contributed by atoms with E-state index in [9.17, 15) is 4.79 Å². The molecule has 5 rings (SSSR count). The van der Waals surface area contributed by atoms with Crippen molar-refractivity contribution < 1.29 is 4.79 Å². The van der Waals surface area contributed by atoms with E-state index >= 15 is 0 Å². The van der Waals surface area contributed by atoms with Crippen molar-refractivity contribution in [2.45, 2.75) is 33.7 Å². The van der Waals surface area contributed by atoms with Gasteiger partial charge in [-0.15, -0.1) is 0 Å². The van der Waals surface area contributed by atoms with Gasteiger partial charge in [-0.1, -0.05) is 6.07 Å². The normalized spacial score (nSPS) is 11.0. The molecule has 0 unspecified atom stereocenters. The molecule has 0 bridgehead atoms. The van der Waals surface area contributed by atoms with Crippen LogP contribution in [-0.2, 0) is 13.0 Å². The van der Waals surface area contributed by atoms with E-state index in [0.29, 0.717) is 24.5 Å². The molecule has 36 heavy (non-hydrogen) atoms. The third-order valence-electron chi connectivity index (χ3n) is 5.49. The lowest BCUT2D eigenvalue weighted by atomic mass is 10.2. The lowest BCUT2D eigenvalue weighted by Crippen LogP contribution is -2.23. The molecule has 0 aliphatic carbocycles. The Labute approximate surface area is 207 Å². The minimum Gasteiger partial charge on any atom is -0.347 e. The van der Waals surface area contributed by atoms with Crippen molar-refractivity contribution in [1.29, 1.82) is 0 Å². The molecule has 0 atom stereocenters. The first kappa shape index (κ1) is 23.0. The molecule has 0 saturated heterocycles. The summed E-state index contributed by atoms with van der Waals surface area (Å²) in [4.78, 5) is 30.6. The van der Waals surface area contributed by atoms with Gasteiger partial charge in [0.05, 0.1) is 17.6 Å². The number of aryl methyl sites for hydroxylation is 3. The van der Waals surface area contributed by atoms with E-state index in [2.05, 4.69) is 40.5 Å². The number of amides is 1.